The average Bonchev–Trinajstić information content (AvgIpc) is 2.59. The molecule has 0 bridgehead atoms. The van der Waals surface area contributed by atoms with Crippen LogP contribution in [0.3, 0.4) is 0 Å². The van der Waals surface area contributed by atoms with Gasteiger partial charge in [0.05, 0.1) is 5.02 Å². The number of ether oxygens (including phenoxy) is 1. The summed E-state index contributed by atoms with van der Waals surface area (Å²) in [4.78, 5) is 22.9. The summed E-state index contributed by atoms with van der Waals surface area (Å²) in [6, 6.07) is 8.94. The van der Waals surface area contributed by atoms with Crippen molar-refractivity contribution < 1.29 is 24.5 Å². The molecule has 0 aromatic heterocycles. The summed E-state index contributed by atoms with van der Waals surface area (Å²) in [5, 5.41) is 18.2. The van der Waals surface area contributed by atoms with E-state index in [4.69, 9.17) is 32.9 Å². The number of halogens is 1. The Balaban J connectivity index is 1.99. The topological polar surface area (TPSA) is 136 Å². The van der Waals surface area contributed by atoms with Crippen molar-refractivity contribution in [1.29, 1.82) is 0 Å². The Labute approximate surface area is 155 Å². The molecule has 0 saturated carbocycles. The number of carboxylic acids is 1. The third-order valence-electron chi connectivity index (χ3n) is 3.67. The fourth-order valence-electron chi connectivity index (χ4n) is 2.25. The van der Waals surface area contributed by atoms with Gasteiger partial charge in [0.15, 0.2) is 0 Å². The summed E-state index contributed by atoms with van der Waals surface area (Å²) in [6.07, 6.45) is 0.339. The van der Waals surface area contributed by atoms with Crippen LogP contribution in [0.4, 0.5) is 0 Å². The molecule has 7 nitrogen and oxygen atoms in total. The number of aliphatic carboxylic acids is 1. The maximum absolute atomic E-state index is 12.1. The number of carbonyl (C=O) groups is 2. The minimum absolute atomic E-state index is 0.101. The normalized spacial score (nSPS) is 13.0. The van der Waals surface area contributed by atoms with E-state index in [9.17, 15) is 14.7 Å². The highest BCUT2D eigenvalue weighted by Gasteiger charge is 2.19. The molecule has 0 saturated heterocycles. The van der Waals surface area contributed by atoms with E-state index in [2.05, 4.69) is 0 Å². The molecular weight excluding hydrogens is 360 g/mol. The van der Waals surface area contributed by atoms with Crippen LogP contribution in [0.1, 0.15) is 11.1 Å². The quantitative estimate of drug-likeness (QED) is 0.423. The van der Waals surface area contributed by atoms with Crippen LogP contribution >= 0.6 is 11.6 Å². The lowest BCUT2D eigenvalue weighted by Crippen LogP contribution is -2.36. The Morgan fingerprint density at radius 1 is 1.00 bits per heavy atom. The molecule has 0 fully saturated rings. The highest BCUT2D eigenvalue weighted by molar-refractivity contribution is 6.32. The minimum Gasteiger partial charge on any atom is -0.508 e. The van der Waals surface area contributed by atoms with Gasteiger partial charge in [0, 0.05) is 0 Å². The number of phenols is 1. The largest absolute Gasteiger partial charge is 0.508 e. The molecule has 2 aromatic rings. The lowest BCUT2D eigenvalue weighted by Gasteiger charge is -2.13. The lowest BCUT2D eigenvalue weighted by molar-refractivity contribution is -0.138. The molecular formula is C18H19ClN2O5. The Bertz CT molecular complexity index is 795. The highest BCUT2D eigenvalue weighted by atomic mass is 35.5. The molecule has 6 N–H and O–H groups in total. The first kappa shape index (κ1) is 19.7. The molecule has 138 valence electrons. The maximum atomic E-state index is 12.1. The minimum atomic E-state index is -1.11. The van der Waals surface area contributed by atoms with Crippen molar-refractivity contribution in [2.45, 2.75) is 24.9 Å². The van der Waals surface area contributed by atoms with E-state index in [0.29, 0.717) is 5.56 Å². The van der Waals surface area contributed by atoms with E-state index in [-0.39, 0.29) is 29.4 Å². The zero-order chi connectivity index (χ0) is 19.3. The van der Waals surface area contributed by atoms with Crippen LogP contribution in [0.15, 0.2) is 42.5 Å². The molecule has 2 aromatic carbocycles. The summed E-state index contributed by atoms with van der Waals surface area (Å²) < 4.78 is 5.22. The fourth-order valence-corrected chi connectivity index (χ4v) is 2.49. The second-order valence-electron chi connectivity index (χ2n) is 5.81. The third-order valence-corrected chi connectivity index (χ3v) is 3.97. The van der Waals surface area contributed by atoms with Crippen molar-refractivity contribution in [3.8, 4) is 11.5 Å². The molecule has 0 aliphatic heterocycles. The molecule has 26 heavy (non-hydrogen) atoms. The van der Waals surface area contributed by atoms with Gasteiger partial charge in [-0.1, -0.05) is 29.8 Å². The van der Waals surface area contributed by atoms with Gasteiger partial charge < -0.3 is 26.4 Å². The standard InChI is InChI=1S/C18H19ClN2O5/c19-13-7-11(9-14(20)17(23)24)3-6-16(13)26-18(25)15(21)8-10-1-4-12(22)5-2-10/h1-7,14-15,22H,8-9,20-21H2,(H,23,24). The molecule has 0 heterocycles. The Kier molecular flexibility index (Phi) is 6.57. The first-order chi connectivity index (χ1) is 12.3. The third kappa shape index (κ3) is 5.45. The SMILES string of the molecule is NC(Cc1ccc(OC(=O)C(N)Cc2ccc(O)cc2)c(Cl)c1)C(=O)O. The van der Waals surface area contributed by atoms with Gasteiger partial charge in [0.1, 0.15) is 23.6 Å². The van der Waals surface area contributed by atoms with Crippen LogP contribution in [0.25, 0.3) is 0 Å². The van der Waals surface area contributed by atoms with Crippen molar-refractivity contribution in [1.82, 2.24) is 0 Å². The Morgan fingerprint density at radius 3 is 2.15 bits per heavy atom. The molecule has 0 spiro atoms. The fraction of sp³-hybridized carbons (Fsp3) is 0.222. The number of phenolic OH excluding ortho intramolecular Hbond substituents is 1. The van der Waals surface area contributed by atoms with Gasteiger partial charge in [0.2, 0.25) is 0 Å². The van der Waals surface area contributed by atoms with Crippen LogP contribution in [-0.4, -0.2) is 34.2 Å². The number of hydrogen-bond donors (Lipinski definition) is 4. The van der Waals surface area contributed by atoms with Gasteiger partial charge in [-0.15, -0.1) is 0 Å². The average molecular weight is 379 g/mol. The Hall–Kier alpha value is -2.61. The van der Waals surface area contributed by atoms with E-state index in [1.54, 1.807) is 18.2 Å². The van der Waals surface area contributed by atoms with Crippen LogP contribution in [-0.2, 0) is 22.4 Å². The zero-order valence-electron chi connectivity index (χ0n) is 13.8. The van der Waals surface area contributed by atoms with Crippen LogP contribution in [0.2, 0.25) is 5.02 Å². The highest BCUT2D eigenvalue weighted by Crippen LogP contribution is 2.26. The van der Waals surface area contributed by atoms with Gasteiger partial charge in [-0.25, -0.2) is 4.79 Å². The van der Waals surface area contributed by atoms with Gasteiger partial charge in [0.25, 0.3) is 0 Å². The summed E-state index contributed by atoms with van der Waals surface area (Å²) in [5.74, 6) is -1.52. The number of hydrogen-bond acceptors (Lipinski definition) is 6. The first-order valence-electron chi connectivity index (χ1n) is 7.78. The van der Waals surface area contributed by atoms with Crippen molar-refractivity contribution in [3.05, 3.63) is 58.6 Å². The summed E-state index contributed by atoms with van der Waals surface area (Å²) >= 11 is 6.08. The van der Waals surface area contributed by atoms with Gasteiger partial charge in [-0.2, -0.15) is 0 Å². The molecule has 8 heteroatoms. The molecule has 2 rings (SSSR count). The monoisotopic (exact) mass is 378 g/mol. The van der Waals surface area contributed by atoms with Crippen molar-refractivity contribution >= 4 is 23.5 Å². The van der Waals surface area contributed by atoms with E-state index in [0.717, 1.165) is 5.56 Å². The van der Waals surface area contributed by atoms with E-state index >= 15 is 0 Å². The van der Waals surface area contributed by atoms with Crippen LogP contribution < -0.4 is 16.2 Å². The molecule has 0 radical (unpaired) electrons. The first-order valence-corrected chi connectivity index (χ1v) is 8.16. The van der Waals surface area contributed by atoms with Crippen molar-refractivity contribution in [2.75, 3.05) is 0 Å². The zero-order valence-corrected chi connectivity index (χ0v) is 14.5. The van der Waals surface area contributed by atoms with E-state index in [1.165, 1.54) is 24.3 Å². The van der Waals surface area contributed by atoms with Crippen molar-refractivity contribution in [2.24, 2.45) is 11.5 Å². The van der Waals surface area contributed by atoms with Crippen LogP contribution in [0, 0.1) is 0 Å². The second-order valence-corrected chi connectivity index (χ2v) is 6.22. The molecule has 0 amide bonds. The maximum Gasteiger partial charge on any atom is 0.328 e. The number of carboxylic acid groups (broad SMARTS) is 1. The molecule has 0 aliphatic carbocycles. The summed E-state index contributed by atoms with van der Waals surface area (Å²) in [6.45, 7) is 0. The number of benzene rings is 2. The molecule has 2 atom stereocenters. The van der Waals surface area contributed by atoms with Crippen LogP contribution in [0.5, 0.6) is 11.5 Å². The lowest BCUT2D eigenvalue weighted by atomic mass is 10.1. The smallest absolute Gasteiger partial charge is 0.328 e. The summed E-state index contributed by atoms with van der Waals surface area (Å²) in [7, 11) is 0. The number of aromatic hydroxyl groups is 1. The summed E-state index contributed by atoms with van der Waals surface area (Å²) in [5.41, 5.74) is 12.7. The number of carbonyl (C=O) groups excluding carboxylic acids is 1. The van der Waals surface area contributed by atoms with E-state index < -0.39 is 24.0 Å². The van der Waals surface area contributed by atoms with Gasteiger partial charge in [-0.3, -0.25) is 4.79 Å². The van der Waals surface area contributed by atoms with Gasteiger partial charge >= 0.3 is 11.9 Å². The van der Waals surface area contributed by atoms with Crippen molar-refractivity contribution in [3.63, 3.8) is 0 Å². The number of esters is 1. The number of rotatable bonds is 7. The predicted octanol–water partition coefficient (Wildman–Crippen LogP) is 1.48. The Morgan fingerprint density at radius 2 is 1.58 bits per heavy atom. The predicted molar refractivity (Wildman–Crippen MR) is 96.2 cm³/mol. The molecule has 2 unspecified atom stereocenters. The number of nitrogens with two attached hydrogens (primary N) is 2. The van der Waals surface area contributed by atoms with E-state index in [1.807, 2.05) is 0 Å². The van der Waals surface area contributed by atoms with Gasteiger partial charge in [-0.05, 0) is 48.2 Å². The second kappa shape index (κ2) is 8.66. The molecule has 0 aliphatic rings.